The van der Waals surface area contributed by atoms with E-state index in [2.05, 4.69) is 10.4 Å². The van der Waals surface area contributed by atoms with Crippen LogP contribution in [0.25, 0.3) is 0 Å². The van der Waals surface area contributed by atoms with Crippen LogP contribution in [0.1, 0.15) is 24.1 Å². The zero-order valence-corrected chi connectivity index (χ0v) is 15.5. The van der Waals surface area contributed by atoms with Crippen molar-refractivity contribution in [3.63, 3.8) is 0 Å². The lowest BCUT2D eigenvalue weighted by atomic mass is 10.1. The Hall–Kier alpha value is -2.61. The molecular formula is C18H25FN4O3. The van der Waals surface area contributed by atoms with Crippen LogP contribution in [0.4, 0.5) is 9.18 Å². The van der Waals surface area contributed by atoms with Crippen molar-refractivity contribution in [3.8, 4) is 5.75 Å². The summed E-state index contributed by atoms with van der Waals surface area (Å²) in [5.41, 5.74) is 1.58. The summed E-state index contributed by atoms with van der Waals surface area (Å²) in [6.45, 7) is 3.06. The van der Waals surface area contributed by atoms with Crippen LogP contribution in [-0.2, 0) is 18.3 Å². The first kappa shape index (κ1) is 19.7. The molecule has 0 aliphatic carbocycles. The van der Waals surface area contributed by atoms with Crippen molar-refractivity contribution in [2.24, 2.45) is 7.05 Å². The Labute approximate surface area is 152 Å². The highest BCUT2D eigenvalue weighted by Gasteiger charge is 2.18. The van der Waals surface area contributed by atoms with Gasteiger partial charge in [-0.1, -0.05) is 6.07 Å². The van der Waals surface area contributed by atoms with E-state index in [1.807, 2.05) is 13.2 Å². The zero-order valence-electron chi connectivity index (χ0n) is 15.5. The average Bonchev–Trinajstić information content (AvgIpc) is 3.03. The van der Waals surface area contributed by atoms with Gasteiger partial charge in [-0.15, -0.1) is 0 Å². The molecule has 0 bridgehead atoms. The summed E-state index contributed by atoms with van der Waals surface area (Å²) in [6, 6.07) is 4.03. The summed E-state index contributed by atoms with van der Waals surface area (Å²) in [4.78, 5) is 14.3. The molecule has 2 aromatic rings. The van der Waals surface area contributed by atoms with Gasteiger partial charge in [-0.05, 0) is 24.6 Å². The fourth-order valence-corrected chi connectivity index (χ4v) is 2.54. The maximum absolute atomic E-state index is 13.9. The standard InChI is InChI=1S/C18H25FN4O3/c1-13(15-5-6-17(26-4)16(19)9-15)21-18(24)23(7-8-25-3)12-14-10-20-22(2)11-14/h5-6,9-11,13H,7-8,12H2,1-4H3,(H,21,24)/t13-/m1/s1. The predicted molar refractivity (Wildman–Crippen MR) is 95.4 cm³/mol. The second kappa shape index (κ2) is 9.19. The summed E-state index contributed by atoms with van der Waals surface area (Å²) in [5, 5.41) is 7.01. The fourth-order valence-electron chi connectivity index (χ4n) is 2.54. The number of carbonyl (C=O) groups excluding carboxylic acids is 1. The van der Waals surface area contributed by atoms with Gasteiger partial charge in [-0.3, -0.25) is 4.68 Å². The van der Waals surface area contributed by atoms with Crippen molar-refractivity contribution in [3.05, 3.63) is 47.5 Å². The van der Waals surface area contributed by atoms with E-state index in [-0.39, 0.29) is 17.8 Å². The lowest BCUT2D eigenvalue weighted by Gasteiger charge is -2.25. The molecule has 142 valence electrons. The number of methoxy groups -OCH3 is 2. The van der Waals surface area contributed by atoms with Crippen LogP contribution in [-0.4, -0.2) is 48.1 Å². The minimum Gasteiger partial charge on any atom is -0.494 e. The van der Waals surface area contributed by atoms with E-state index < -0.39 is 5.82 Å². The number of urea groups is 1. The zero-order chi connectivity index (χ0) is 19.1. The van der Waals surface area contributed by atoms with Crippen molar-refractivity contribution in [2.45, 2.75) is 19.5 Å². The molecule has 1 aromatic carbocycles. The first-order chi connectivity index (χ1) is 12.4. The molecule has 0 spiro atoms. The van der Waals surface area contributed by atoms with Gasteiger partial charge in [-0.25, -0.2) is 9.18 Å². The van der Waals surface area contributed by atoms with Crippen LogP contribution in [0, 0.1) is 5.82 Å². The van der Waals surface area contributed by atoms with Crippen LogP contribution in [0.3, 0.4) is 0 Å². The molecule has 26 heavy (non-hydrogen) atoms. The number of carbonyl (C=O) groups is 1. The Balaban J connectivity index is 2.05. The summed E-state index contributed by atoms with van der Waals surface area (Å²) in [6.07, 6.45) is 3.57. The van der Waals surface area contributed by atoms with Crippen molar-refractivity contribution in [2.75, 3.05) is 27.4 Å². The van der Waals surface area contributed by atoms with Gasteiger partial charge in [0, 0.05) is 32.5 Å². The molecule has 7 nitrogen and oxygen atoms in total. The van der Waals surface area contributed by atoms with Gasteiger partial charge in [0.05, 0.1) is 32.5 Å². The van der Waals surface area contributed by atoms with Gasteiger partial charge in [0.15, 0.2) is 11.6 Å². The summed E-state index contributed by atoms with van der Waals surface area (Å²) in [7, 11) is 4.82. The molecule has 0 radical (unpaired) electrons. The van der Waals surface area contributed by atoms with E-state index in [4.69, 9.17) is 9.47 Å². The number of rotatable bonds is 8. The van der Waals surface area contributed by atoms with E-state index in [1.165, 1.54) is 13.2 Å². The van der Waals surface area contributed by atoms with Crippen molar-refractivity contribution in [1.82, 2.24) is 20.0 Å². The van der Waals surface area contributed by atoms with Gasteiger partial charge in [0.25, 0.3) is 0 Å². The summed E-state index contributed by atoms with van der Waals surface area (Å²) < 4.78 is 25.6. The molecular weight excluding hydrogens is 339 g/mol. The largest absolute Gasteiger partial charge is 0.494 e. The molecule has 0 aliphatic heterocycles. The topological polar surface area (TPSA) is 68.6 Å². The van der Waals surface area contributed by atoms with Crippen molar-refractivity contribution < 1.29 is 18.7 Å². The second-order valence-corrected chi connectivity index (χ2v) is 6.00. The molecule has 2 amide bonds. The lowest BCUT2D eigenvalue weighted by Crippen LogP contribution is -2.42. The first-order valence-electron chi connectivity index (χ1n) is 8.30. The molecule has 1 N–H and O–H groups in total. The van der Waals surface area contributed by atoms with E-state index >= 15 is 0 Å². The minimum atomic E-state index is -0.460. The SMILES string of the molecule is COCCN(Cc1cnn(C)c1)C(=O)N[C@H](C)c1ccc(OC)c(F)c1. The summed E-state index contributed by atoms with van der Waals surface area (Å²) in [5.74, 6) is -0.289. The smallest absolute Gasteiger partial charge is 0.318 e. The predicted octanol–water partition coefficient (Wildman–Crippen LogP) is 2.49. The van der Waals surface area contributed by atoms with Crippen LogP contribution >= 0.6 is 0 Å². The minimum absolute atomic E-state index is 0.172. The molecule has 0 saturated carbocycles. The number of nitrogens with one attached hydrogen (secondary N) is 1. The monoisotopic (exact) mass is 364 g/mol. The summed E-state index contributed by atoms with van der Waals surface area (Å²) >= 11 is 0. The first-order valence-corrected chi connectivity index (χ1v) is 8.30. The molecule has 2 rings (SSSR count). The molecule has 0 saturated heterocycles. The molecule has 0 fully saturated rings. The molecule has 0 aliphatic rings. The highest BCUT2D eigenvalue weighted by atomic mass is 19.1. The highest BCUT2D eigenvalue weighted by Crippen LogP contribution is 2.22. The van der Waals surface area contributed by atoms with Crippen LogP contribution in [0.15, 0.2) is 30.6 Å². The highest BCUT2D eigenvalue weighted by molar-refractivity contribution is 5.74. The molecule has 8 heteroatoms. The molecule has 1 atom stereocenters. The van der Waals surface area contributed by atoms with E-state index in [0.717, 1.165) is 5.56 Å². The molecule has 1 heterocycles. The third-order valence-corrected chi connectivity index (χ3v) is 4.00. The number of halogens is 1. The number of nitrogens with zero attached hydrogens (tertiary/aromatic N) is 3. The average molecular weight is 364 g/mol. The lowest BCUT2D eigenvalue weighted by molar-refractivity contribution is 0.145. The van der Waals surface area contributed by atoms with Gasteiger partial charge in [-0.2, -0.15) is 5.10 Å². The Bertz CT molecular complexity index is 735. The number of hydrogen-bond acceptors (Lipinski definition) is 4. The quantitative estimate of drug-likeness (QED) is 0.781. The Morgan fingerprint density at radius 2 is 2.19 bits per heavy atom. The fraction of sp³-hybridized carbons (Fsp3) is 0.444. The number of ether oxygens (including phenoxy) is 2. The third kappa shape index (κ3) is 5.19. The van der Waals surface area contributed by atoms with E-state index in [9.17, 15) is 9.18 Å². The Morgan fingerprint density at radius 3 is 2.77 bits per heavy atom. The normalized spacial score (nSPS) is 11.9. The Kier molecular flexibility index (Phi) is 6.97. The maximum Gasteiger partial charge on any atom is 0.318 e. The van der Waals surface area contributed by atoms with Gasteiger partial charge in [0.2, 0.25) is 0 Å². The number of amides is 2. The number of aromatic nitrogens is 2. The number of benzene rings is 1. The number of hydrogen-bond donors (Lipinski definition) is 1. The maximum atomic E-state index is 13.9. The van der Waals surface area contributed by atoms with Gasteiger partial charge < -0.3 is 19.7 Å². The van der Waals surface area contributed by atoms with Crippen molar-refractivity contribution >= 4 is 6.03 Å². The third-order valence-electron chi connectivity index (χ3n) is 4.00. The van der Waals surface area contributed by atoms with Crippen LogP contribution in [0.5, 0.6) is 5.75 Å². The number of aryl methyl sites for hydroxylation is 1. The van der Waals surface area contributed by atoms with E-state index in [0.29, 0.717) is 25.3 Å². The van der Waals surface area contributed by atoms with E-state index in [1.54, 1.807) is 41.9 Å². The Morgan fingerprint density at radius 1 is 1.42 bits per heavy atom. The van der Waals surface area contributed by atoms with Crippen molar-refractivity contribution in [1.29, 1.82) is 0 Å². The van der Waals surface area contributed by atoms with Gasteiger partial charge >= 0.3 is 6.03 Å². The molecule has 0 unspecified atom stereocenters. The molecule has 1 aromatic heterocycles. The van der Waals surface area contributed by atoms with Crippen LogP contribution < -0.4 is 10.1 Å². The van der Waals surface area contributed by atoms with Crippen LogP contribution in [0.2, 0.25) is 0 Å². The second-order valence-electron chi connectivity index (χ2n) is 6.00. The van der Waals surface area contributed by atoms with Gasteiger partial charge in [0.1, 0.15) is 0 Å².